The topological polar surface area (TPSA) is 97.4 Å². The molecule has 0 aliphatic carbocycles. The zero-order chi connectivity index (χ0) is 12.8. The summed E-state index contributed by atoms with van der Waals surface area (Å²) in [4.78, 5) is 12.1. The van der Waals surface area contributed by atoms with Crippen LogP contribution < -0.4 is 0 Å². The van der Waals surface area contributed by atoms with Gasteiger partial charge in [0, 0.05) is 19.0 Å². The summed E-state index contributed by atoms with van der Waals surface area (Å²) < 4.78 is 5.08. The molecule has 1 fully saturated rings. The maximum Gasteiger partial charge on any atom is 0.407 e. The van der Waals surface area contributed by atoms with Crippen LogP contribution in [0.3, 0.4) is 0 Å². The van der Waals surface area contributed by atoms with Gasteiger partial charge in [-0.25, -0.2) is 4.79 Å². The van der Waals surface area contributed by atoms with Crippen molar-refractivity contribution in [3.05, 3.63) is 11.3 Å². The highest BCUT2D eigenvalue weighted by molar-refractivity contribution is 5.65. The average molecular weight is 235 g/mol. The quantitative estimate of drug-likeness (QED) is 0.575. The predicted molar refractivity (Wildman–Crippen MR) is 57.6 cm³/mol. The van der Waals surface area contributed by atoms with Gasteiger partial charge in [-0.3, -0.25) is 0 Å². The van der Waals surface area contributed by atoms with Gasteiger partial charge in [0.2, 0.25) is 0 Å². The molecule has 1 rings (SSSR count). The summed E-state index contributed by atoms with van der Waals surface area (Å²) in [6, 6.07) is 3.54. The van der Waals surface area contributed by atoms with E-state index in [4.69, 9.17) is 20.4 Å². The SMILES string of the molecule is COC(=C(C#N)C#N)C1CCCN(C(=O)O)C1. The Hall–Kier alpha value is -2.21. The minimum absolute atomic E-state index is 0.0789. The fourth-order valence-electron chi connectivity index (χ4n) is 1.97. The zero-order valence-electron chi connectivity index (χ0n) is 9.51. The molecule has 0 aromatic rings. The van der Waals surface area contributed by atoms with E-state index in [2.05, 4.69) is 0 Å². The number of carboxylic acid groups (broad SMARTS) is 1. The summed E-state index contributed by atoms with van der Waals surface area (Å²) in [7, 11) is 1.39. The van der Waals surface area contributed by atoms with Crippen LogP contribution in [-0.4, -0.2) is 36.3 Å². The lowest BCUT2D eigenvalue weighted by molar-refractivity contribution is 0.111. The van der Waals surface area contributed by atoms with Crippen LogP contribution in [-0.2, 0) is 4.74 Å². The van der Waals surface area contributed by atoms with Crippen molar-refractivity contribution in [3.8, 4) is 12.1 Å². The summed E-state index contributed by atoms with van der Waals surface area (Å²) >= 11 is 0. The lowest BCUT2D eigenvalue weighted by atomic mass is 9.94. The Bertz CT molecular complexity index is 401. The smallest absolute Gasteiger partial charge is 0.407 e. The van der Waals surface area contributed by atoms with Crippen LogP contribution in [0.15, 0.2) is 11.3 Å². The molecule has 1 saturated heterocycles. The fraction of sp³-hybridized carbons (Fsp3) is 0.545. The fourth-order valence-corrected chi connectivity index (χ4v) is 1.97. The number of allylic oxidation sites excluding steroid dienone is 1. The largest absolute Gasteiger partial charge is 0.499 e. The number of methoxy groups -OCH3 is 1. The van der Waals surface area contributed by atoms with Crippen LogP contribution in [0.1, 0.15) is 12.8 Å². The summed E-state index contributed by atoms with van der Waals surface area (Å²) in [6.45, 7) is 0.753. The van der Waals surface area contributed by atoms with Crippen molar-refractivity contribution in [1.29, 1.82) is 10.5 Å². The van der Waals surface area contributed by atoms with E-state index in [-0.39, 0.29) is 18.0 Å². The molecule has 90 valence electrons. The molecule has 1 aliphatic rings. The number of ether oxygens (including phenoxy) is 1. The third-order valence-corrected chi connectivity index (χ3v) is 2.75. The normalized spacial score (nSPS) is 18.8. The average Bonchev–Trinajstić information content (AvgIpc) is 2.35. The number of hydrogen-bond donors (Lipinski definition) is 1. The Morgan fingerprint density at radius 3 is 2.59 bits per heavy atom. The van der Waals surface area contributed by atoms with Gasteiger partial charge in [0.1, 0.15) is 17.9 Å². The molecule has 6 nitrogen and oxygen atoms in total. The number of carbonyl (C=O) groups is 1. The first kappa shape index (κ1) is 12.9. The van der Waals surface area contributed by atoms with Gasteiger partial charge in [-0.1, -0.05) is 0 Å². The van der Waals surface area contributed by atoms with Gasteiger partial charge >= 0.3 is 6.09 Å². The molecule has 17 heavy (non-hydrogen) atoms. The van der Waals surface area contributed by atoms with Crippen molar-refractivity contribution < 1.29 is 14.6 Å². The van der Waals surface area contributed by atoms with Crippen LogP contribution >= 0.6 is 0 Å². The second kappa shape index (κ2) is 5.76. The molecule has 1 aliphatic heterocycles. The molecule has 0 aromatic carbocycles. The molecule has 0 saturated carbocycles. The van der Waals surface area contributed by atoms with E-state index in [0.29, 0.717) is 18.7 Å². The maximum absolute atomic E-state index is 10.9. The van der Waals surface area contributed by atoms with E-state index in [1.54, 1.807) is 12.1 Å². The van der Waals surface area contributed by atoms with Crippen molar-refractivity contribution in [2.45, 2.75) is 12.8 Å². The minimum atomic E-state index is -0.986. The number of hydrogen-bond acceptors (Lipinski definition) is 4. The molecular weight excluding hydrogens is 222 g/mol. The van der Waals surface area contributed by atoms with Crippen LogP contribution in [0.4, 0.5) is 4.79 Å². The van der Waals surface area contributed by atoms with Crippen LogP contribution in [0.5, 0.6) is 0 Å². The van der Waals surface area contributed by atoms with Gasteiger partial charge in [-0.05, 0) is 12.8 Å². The number of amides is 1. The number of likely N-dealkylation sites (tertiary alicyclic amines) is 1. The highest BCUT2D eigenvalue weighted by Gasteiger charge is 2.28. The summed E-state index contributed by atoms with van der Waals surface area (Å²) in [5.74, 6) is 0.0834. The molecule has 0 aromatic heterocycles. The van der Waals surface area contributed by atoms with E-state index < -0.39 is 6.09 Å². The molecule has 1 amide bonds. The Labute approximate surface area is 99.3 Å². The first-order valence-corrected chi connectivity index (χ1v) is 5.20. The summed E-state index contributed by atoms with van der Waals surface area (Å²) in [5.41, 5.74) is -0.0789. The molecule has 0 spiro atoms. The first-order valence-electron chi connectivity index (χ1n) is 5.20. The van der Waals surface area contributed by atoms with Gasteiger partial charge in [0.25, 0.3) is 0 Å². The van der Waals surface area contributed by atoms with Crippen molar-refractivity contribution in [3.63, 3.8) is 0 Å². The van der Waals surface area contributed by atoms with E-state index in [9.17, 15) is 4.79 Å². The van der Waals surface area contributed by atoms with Gasteiger partial charge in [0.15, 0.2) is 5.57 Å². The van der Waals surface area contributed by atoms with Gasteiger partial charge < -0.3 is 14.7 Å². The number of nitriles is 2. The van der Waals surface area contributed by atoms with Crippen LogP contribution in [0.2, 0.25) is 0 Å². The highest BCUT2D eigenvalue weighted by Crippen LogP contribution is 2.26. The molecule has 6 heteroatoms. The molecular formula is C11H13N3O3. The maximum atomic E-state index is 10.9. The standard InChI is InChI=1S/C11H13N3O3/c1-17-10(9(5-12)6-13)8-3-2-4-14(7-8)11(15)16/h8H,2-4,7H2,1H3,(H,15,16). The van der Waals surface area contributed by atoms with E-state index in [1.807, 2.05) is 0 Å². The molecule has 0 radical (unpaired) electrons. The second-order valence-electron chi connectivity index (χ2n) is 3.73. The molecule has 1 unspecified atom stereocenters. The third kappa shape index (κ3) is 2.88. The second-order valence-corrected chi connectivity index (χ2v) is 3.73. The van der Waals surface area contributed by atoms with Crippen molar-refractivity contribution >= 4 is 6.09 Å². The zero-order valence-corrected chi connectivity index (χ0v) is 9.51. The Balaban J connectivity index is 2.92. The van der Waals surface area contributed by atoms with E-state index in [1.165, 1.54) is 12.0 Å². The van der Waals surface area contributed by atoms with Crippen LogP contribution in [0, 0.1) is 28.6 Å². The van der Waals surface area contributed by atoms with Crippen molar-refractivity contribution in [1.82, 2.24) is 4.90 Å². The number of nitrogens with zero attached hydrogens (tertiary/aromatic N) is 3. The van der Waals surface area contributed by atoms with Crippen molar-refractivity contribution in [2.24, 2.45) is 5.92 Å². The van der Waals surface area contributed by atoms with Crippen LogP contribution in [0.25, 0.3) is 0 Å². The van der Waals surface area contributed by atoms with Gasteiger partial charge in [-0.2, -0.15) is 10.5 Å². The lowest BCUT2D eigenvalue weighted by Gasteiger charge is -2.31. The summed E-state index contributed by atoms with van der Waals surface area (Å²) in [6.07, 6.45) is 0.439. The third-order valence-electron chi connectivity index (χ3n) is 2.75. The monoisotopic (exact) mass is 235 g/mol. The minimum Gasteiger partial charge on any atom is -0.499 e. The predicted octanol–water partition coefficient (Wildman–Crippen LogP) is 1.32. The van der Waals surface area contributed by atoms with Gasteiger partial charge in [-0.15, -0.1) is 0 Å². The van der Waals surface area contributed by atoms with E-state index in [0.717, 1.165) is 6.42 Å². The number of piperidine rings is 1. The Kier molecular flexibility index (Phi) is 4.36. The molecule has 0 bridgehead atoms. The molecule has 1 heterocycles. The number of rotatable bonds is 2. The van der Waals surface area contributed by atoms with Crippen molar-refractivity contribution in [2.75, 3.05) is 20.2 Å². The van der Waals surface area contributed by atoms with E-state index >= 15 is 0 Å². The Morgan fingerprint density at radius 1 is 1.47 bits per heavy atom. The highest BCUT2D eigenvalue weighted by atomic mass is 16.5. The summed E-state index contributed by atoms with van der Waals surface area (Å²) in [5, 5.41) is 26.5. The lowest BCUT2D eigenvalue weighted by Crippen LogP contribution is -2.40. The first-order chi connectivity index (χ1) is 8.13. The molecule has 1 atom stereocenters. The Morgan fingerprint density at radius 2 is 2.12 bits per heavy atom. The molecule has 1 N–H and O–H groups in total. The van der Waals surface area contributed by atoms with Gasteiger partial charge in [0.05, 0.1) is 7.11 Å².